The third-order valence-electron chi connectivity index (χ3n) is 5.62. The molecule has 0 aromatic heterocycles. The first-order valence-electron chi connectivity index (χ1n) is 8.75. The van der Waals surface area contributed by atoms with Gasteiger partial charge in [-0.05, 0) is 78.1 Å². The van der Waals surface area contributed by atoms with Crippen molar-refractivity contribution in [2.24, 2.45) is 5.92 Å². The summed E-state index contributed by atoms with van der Waals surface area (Å²) in [4.78, 5) is 12.6. The molecule has 1 fully saturated rings. The highest BCUT2D eigenvalue weighted by molar-refractivity contribution is 6.09. The summed E-state index contributed by atoms with van der Waals surface area (Å²) in [6, 6.07) is 9.83. The Balaban J connectivity index is 2.01. The molecule has 0 aliphatic heterocycles. The Labute approximate surface area is 148 Å². The third-order valence-corrected chi connectivity index (χ3v) is 5.62. The van der Waals surface area contributed by atoms with E-state index in [0.717, 1.165) is 35.1 Å². The monoisotopic (exact) mass is 334 g/mol. The number of carbonyl (C=O) groups excluding carboxylic acids is 1. The molecule has 128 valence electrons. The number of rotatable bonds is 2. The normalized spacial score (nSPS) is 19.0. The Hall–Kier alpha value is -2.55. The third kappa shape index (κ3) is 2.46. The second-order valence-corrected chi connectivity index (χ2v) is 7.13. The Morgan fingerprint density at radius 2 is 1.88 bits per heavy atom. The maximum absolute atomic E-state index is 12.6. The van der Waals surface area contributed by atoms with Crippen molar-refractivity contribution in [2.45, 2.75) is 33.1 Å². The summed E-state index contributed by atoms with van der Waals surface area (Å²) in [5, 5.41) is 9.94. The van der Waals surface area contributed by atoms with Gasteiger partial charge in [0.25, 0.3) is 0 Å². The number of benzene rings is 2. The zero-order valence-corrected chi connectivity index (χ0v) is 14.8. The zero-order chi connectivity index (χ0) is 17.7. The fourth-order valence-electron chi connectivity index (χ4n) is 4.19. The average molecular weight is 334 g/mol. The van der Waals surface area contributed by atoms with Crippen LogP contribution in [0.15, 0.2) is 35.9 Å². The van der Waals surface area contributed by atoms with Crippen LogP contribution in [-0.4, -0.2) is 18.0 Å². The van der Waals surface area contributed by atoms with E-state index < -0.39 is 0 Å². The summed E-state index contributed by atoms with van der Waals surface area (Å²) >= 11 is 0. The quantitative estimate of drug-likeness (QED) is 0.888. The van der Waals surface area contributed by atoms with Crippen LogP contribution in [0.2, 0.25) is 0 Å². The molecule has 0 saturated heterocycles. The van der Waals surface area contributed by atoms with Gasteiger partial charge in [-0.15, -0.1) is 0 Å². The highest BCUT2D eigenvalue weighted by atomic mass is 16.5. The Kier molecular flexibility index (Phi) is 3.68. The molecular formula is C22H22O3. The van der Waals surface area contributed by atoms with Gasteiger partial charge in [-0.2, -0.15) is 0 Å². The Bertz CT molecular complexity index is 921. The van der Waals surface area contributed by atoms with Crippen molar-refractivity contribution in [3.63, 3.8) is 0 Å². The van der Waals surface area contributed by atoms with E-state index in [0.29, 0.717) is 18.1 Å². The number of Topliss-reactive ketones (excluding diaryl/α,β-unsaturated/α-hetero) is 1. The minimum absolute atomic E-state index is 0.113. The molecule has 0 amide bonds. The molecule has 2 aliphatic rings. The minimum Gasteiger partial charge on any atom is -0.504 e. The topological polar surface area (TPSA) is 46.5 Å². The second-order valence-electron chi connectivity index (χ2n) is 7.13. The number of phenolic OH excluding ortho intramolecular Hbond substituents is 1. The molecule has 2 aromatic rings. The largest absolute Gasteiger partial charge is 0.504 e. The van der Waals surface area contributed by atoms with Crippen molar-refractivity contribution in [1.29, 1.82) is 0 Å². The summed E-state index contributed by atoms with van der Waals surface area (Å²) in [6.07, 6.45) is 2.50. The SMILES string of the molecule is COc1cc(C2=C3C(=O)CCC3Cc3cc(C)c(C)cc32)ccc1O. The predicted molar refractivity (Wildman–Crippen MR) is 98.0 cm³/mol. The van der Waals surface area contributed by atoms with Crippen LogP contribution in [0, 0.1) is 19.8 Å². The first-order chi connectivity index (χ1) is 12.0. The van der Waals surface area contributed by atoms with Gasteiger partial charge in [0.2, 0.25) is 0 Å². The van der Waals surface area contributed by atoms with Crippen molar-refractivity contribution in [2.75, 3.05) is 7.11 Å². The van der Waals surface area contributed by atoms with Crippen molar-refractivity contribution in [1.82, 2.24) is 0 Å². The van der Waals surface area contributed by atoms with E-state index >= 15 is 0 Å². The van der Waals surface area contributed by atoms with Crippen molar-refractivity contribution < 1.29 is 14.6 Å². The van der Waals surface area contributed by atoms with Crippen LogP contribution in [-0.2, 0) is 11.2 Å². The predicted octanol–water partition coefficient (Wildman–Crippen LogP) is 4.35. The van der Waals surface area contributed by atoms with E-state index in [9.17, 15) is 9.90 Å². The Morgan fingerprint density at radius 3 is 2.64 bits per heavy atom. The molecular weight excluding hydrogens is 312 g/mol. The van der Waals surface area contributed by atoms with Crippen LogP contribution >= 0.6 is 0 Å². The van der Waals surface area contributed by atoms with Crippen molar-refractivity contribution >= 4 is 11.4 Å². The average Bonchev–Trinajstić information content (AvgIpc) is 2.96. The van der Waals surface area contributed by atoms with Gasteiger partial charge < -0.3 is 9.84 Å². The first kappa shape index (κ1) is 15.9. The van der Waals surface area contributed by atoms with Gasteiger partial charge in [0.1, 0.15) is 0 Å². The number of hydrogen-bond acceptors (Lipinski definition) is 3. The molecule has 0 heterocycles. The van der Waals surface area contributed by atoms with E-state index in [-0.39, 0.29) is 11.5 Å². The lowest BCUT2D eigenvalue weighted by Gasteiger charge is -2.27. The van der Waals surface area contributed by atoms with E-state index in [1.54, 1.807) is 13.2 Å². The standard InChI is InChI=1S/C22H22O3/c1-12-8-16-10-14-5-7-19(24)22(14)21(17(16)9-13(12)2)15-4-6-18(23)20(11-15)25-3/h4,6,8-9,11,14,23H,5,7,10H2,1-3H3. The van der Waals surface area contributed by atoms with Gasteiger partial charge in [-0.1, -0.05) is 18.2 Å². The minimum atomic E-state index is 0.113. The molecule has 3 nitrogen and oxygen atoms in total. The van der Waals surface area contributed by atoms with Crippen LogP contribution < -0.4 is 4.74 Å². The lowest BCUT2D eigenvalue weighted by atomic mass is 9.76. The van der Waals surface area contributed by atoms with Gasteiger partial charge in [-0.25, -0.2) is 0 Å². The van der Waals surface area contributed by atoms with Crippen LogP contribution in [0.1, 0.15) is 40.7 Å². The van der Waals surface area contributed by atoms with Crippen LogP contribution in [0.25, 0.3) is 5.57 Å². The van der Waals surface area contributed by atoms with Gasteiger partial charge in [0.05, 0.1) is 7.11 Å². The highest BCUT2D eigenvalue weighted by Crippen LogP contribution is 2.46. The van der Waals surface area contributed by atoms with Crippen molar-refractivity contribution in [3.05, 3.63) is 63.7 Å². The van der Waals surface area contributed by atoms with Crippen LogP contribution in [0.3, 0.4) is 0 Å². The van der Waals surface area contributed by atoms with Gasteiger partial charge in [0.15, 0.2) is 17.3 Å². The lowest BCUT2D eigenvalue weighted by molar-refractivity contribution is -0.114. The molecule has 2 aliphatic carbocycles. The smallest absolute Gasteiger partial charge is 0.161 e. The molecule has 0 spiro atoms. The molecule has 1 unspecified atom stereocenters. The molecule has 3 heteroatoms. The number of allylic oxidation sites excluding steroid dienone is 1. The number of methoxy groups -OCH3 is 1. The number of ketones is 1. The molecule has 25 heavy (non-hydrogen) atoms. The summed E-state index contributed by atoms with van der Waals surface area (Å²) < 4.78 is 5.29. The number of hydrogen-bond donors (Lipinski definition) is 1. The number of ether oxygens (including phenoxy) is 1. The summed E-state index contributed by atoms with van der Waals surface area (Å²) in [7, 11) is 1.54. The first-order valence-corrected chi connectivity index (χ1v) is 8.75. The number of aryl methyl sites for hydroxylation is 2. The molecule has 1 N–H and O–H groups in total. The number of fused-ring (bicyclic) bond motifs is 2. The summed E-state index contributed by atoms with van der Waals surface area (Å²) in [6.45, 7) is 4.25. The highest BCUT2D eigenvalue weighted by Gasteiger charge is 2.36. The van der Waals surface area contributed by atoms with E-state index in [1.165, 1.54) is 16.7 Å². The van der Waals surface area contributed by atoms with Crippen LogP contribution in [0.5, 0.6) is 11.5 Å². The second kappa shape index (κ2) is 5.76. The van der Waals surface area contributed by atoms with E-state index in [4.69, 9.17) is 4.74 Å². The number of aromatic hydroxyl groups is 1. The molecule has 4 rings (SSSR count). The zero-order valence-electron chi connectivity index (χ0n) is 14.8. The van der Waals surface area contributed by atoms with Gasteiger partial charge in [0, 0.05) is 12.0 Å². The van der Waals surface area contributed by atoms with Gasteiger partial charge in [-0.3, -0.25) is 4.79 Å². The van der Waals surface area contributed by atoms with E-state index in [1.807, 2.05) is 12.1 Å². The molecule has 2 aromatic carbocycles. The fraction of sp³-hybridized carbons (Fsp3) is 0.318. The van der Waals surface area contributed by atoms with E-state index in [2.05, 4.69) is 26.0 Å². The summed E-state index contributed by atoms with van der Waals surface area (Å²) in [5.41, 5.74) is 7.90. The maximum atomic E-state index is 12.6. The summed E-state index contributed by atoms with van der Waals surface area (Å²) in [5.74, 6) is 1.11. The van der Waals surface area contributed by atoms with Crippen LogP contribution in [0.4, 0.5) is 0 Å². The van der Waals surface area contributed by atoms with Gasteiger partial charge >= 0.3 is 0 Å². The molecule has 1 atom stereocenters. The fourth-order valence-corrected chi connectivity index (χ4v) is 4.19. The lowest BCUT2D eigenvalue weighted by Crippen LogP contribution is -2.16. The molecule has 0 radical (unpaired) electrons. The number of phenols is 1. The molecule has 1 saturated carbocycles. The Morgan fingerprint density at radius 1 is 1.12 bits per heavy atom. The van der Waals surface area contributed by atoms with Crippen molar-refractivity contribution in [3.8, 4) is 11.5 Å². The maximum Gasteiger partial charge on any atom is 0.161 e. The molecule has 0 bridgehead atoms. The number of carbonyl (C=O) groups is 1.